The molecule has 1 aliphatic rings. The minimum absolute atomic E-state index is 0.00655. The van der Waals surface area contributed by atoms with E-state index in [-0.39, 0.29) is 29.8 Å². The summed E-state index contributed by atoms with van der Waals surface area (Å²) in [5.41, 5.74) is 0. The van der Waals surface area contributed by atoms with E-state index in [0.717, 1.165) is 23.6 Å². The Balaban J connectivity index is 2.05. The molecule has 0 bridgehead atoms. The topological polar surface area (TPSA) is 95.0 Å². The number of carboxylic acid groups (broad SMARTS) is 1. The fourth-order valence-electron chi connectivity index (χ4n) is 3.06. The maximum atomic E-state index is 12.6. The van der Waals surface area contributed by atoms with Crippen molar-refractivity contribution in [2.75, 3.05) is 20.1 Å². The third-order valence-corrected chi connectivity index (χ3v) is 6.27. The SMILES string of the molecule is CN(CC(=O)N1CCCCC1CCC(=O)O)S(=O)(=O)c1ccccc1. The number of likely N-dealkylation sites (tertiary alicyclic amines) is 1. The summed E-state index contributed by atoms with van der Waals surface area (Å²) in [5.74, 6) is -1.17. The standard InChI is InChI=1S/C17H24N2O5S/c1-18(25(23,24)15-8-3-2-4-9-15)13-16(20)19-12-6-5-7-14(19)10-11-17(21)22/h2-4,8-9,14H,5-7,10-13H2,1H3,(H,21,22). The van der Waals surface area contributed by atoms with Crippen LogP contribution in [0.3, 0.4) is 0 Å². The van der Waals surface area contributed by atoms with Crippen LogP contribution >= 0.6 is 0 Å². The summed E-state index contributed by atoms with van der Waals surface area (Å²) in [6, 6.07) is 7.85. The van der Waals surface area contributed by atoms with Gasteiger partial charge in [-0.3, -0.25) is 9.59 Å². The number of carbonyl (C=O) groups excluding carboxylic acids is 1. The number of sulfonamides is 1. The minimum atomic E-state index is -3.72. The second-order valence-corrected chi connectivity index (χ2v) is 8.29. The van der Waals surface area contributed by atoms with E-state index in [9.17, 15) is 18.0 Å². The van der Waals surface area contributed by atoms with Crippen molar-refractivity contribution in [3.8, 4) is 0 Å². The smallest absolute Gasteiger partial charge is 0.303 e. The maximum Gasteiger partial charge on any atom is 0.303 e. The molecule has 2 rings (SSSR count). The lowest BCUT2D eigenvalue weighted by Crippen LogP contribution is -2.48. The average Bonchev–Trinajstić information content (AvgIpc) is 2.60. The van der Waals surface area contributed by atoms with Gasteiger partial charge in [0.1, 0.15) is 0 Å². The fourth-order valence-corrected chi connectivity index (χ4v) is 4.20. The van der Waals surface area contributed by atoms with Crippen LogP contribution in [0.25, 0.3) is 0 Å². The molecule has 1 amide bonds. The van der Waals surface area contributed by atoms with Crippen LogP contribution in [-0.4, -0.2) is 60.8 Å². The predicted molar refractivity (Wildman–Crippen MR) is 92.5 cm³/mol. The molecular weight excluding hydrogens is 344 g/mol. The summed E-state index contributed by atoms with van der Waals surface area (Å²) in [4.78, 5) is 25.2. The molecule has 1 fully saturated rings. The Hall–Kier alpha value is -1.93. The molecule has 1 unspecified atom stereocenters. The number of piperidine rings is 1. The number of carboxylic acids is 1. The summed E-state index contributed by atoms with van der Waals surface area (Å²) >= 11 is 0. The van der Waals surface area contributed by atoms with Crippen LogP contribution in [-0.2, 0) is 19.6 Å². The van der Waals surface area contributed by atoms with E-state index in [4.69, 9.17) is 5.11 Å². The Morgan fingerprint density at radius 3 is 2.56 bits per heavy atom. The van der Waals surface area contributed by atoms with Gasteiger partial charge in [0, 0.05) is 26.1 Å². The summed E-state index contributed by atoms with van der Waals surface area (Å²) in [7, 11) is -2.34. The van der Waals surface area contributed by atoms with Crippen LogP contribution < -0.4 is 0 Å². The first-order valence-corrected chi connectivity index (χ1v) is 9.79. The predicted octanol–water partition coefficient (Wildman–Crippen LogP) is 1.55. The number of hydrogen-bond acceptors (Lipinski definition) is 4. The van der Waals surface area contributed by atoms with Crippen molar-refractivity contribution in [3.05, 3.63) is 30.3 Å². The lowest BCUT2D eigenvalue weighted by molar-refractivity contribution is -0.140. The van der Waals surface area contributed by atoms with Crippen molar-refractivity contribution >= 4 is 21.9 Å². The van der Waals surface area contributed by atoms with Gasteiger partial charge in [0.2, 0.25) is 15.9 Å². The number of likely N-dealkylation sites (N-methyl/N-ethyl adjacent to an activating group) is 1. The van der Waals surface area contributed by atoms with Crippen LogP contribution in [0.4, 0.5) is 0 Å². The zero-order valence-electron chi connectivity index (χ0n) is 14.3. The normalized spacial score (nSPS) is 18.3. The second-order valence-electron chi connectivity index (χ2n) is 6.24. The third kappa shape index (κ3) is 5.02. The van der Waals surface area contributed by atoms with E-state index in [1.807, 2.05) is 0 Å². The summed E-state index contributed by atoms with van der Waals surface area (Å²) in [5, 5.41) is 8.86. The van der Waals surface area contributed by atoms with E-state index in [1.165, 1.54) is 19.2 Å². The van der Waals surface area contributed by atoms with Gasteiger partial charge < -0.3 is 10.0 Å². The van der Waals surface area contributed by atoms with Gasteiger partial charge in [-0.05, 0) is 37.8 Å². The number of nitrogens with zero attached hydrogens (tertiary/aromatic N) is 2. The van der Waals surface area contributed by atoms with E-state index in [2.05, 4.69) is 0 Å². The molecule has 1 aromatic carbocycles. The van der Waals surface area contributed by atoms with E-state index >= 15 is 0 Å². The van der Waals surface area contributed by atoms with Gasteiger partial charge in [-0.2, -0.15) is 4.31 Å². The summed E-state index contributed by atoms with van der Waals surface area (Å²) in [6.45, 7) is 0.295. The molecule has 1 aliphatic heterocycles. The third-order valence-electron chi connectivity index (χ3n) is 4.45. The van der Waals surface area contributed by atoms with Crippen LogP contribution in [0.1, 0.15) is 32.1 Å². The summed E-state index contributed by atoms with van der Waals surface area (Å²) < 4.78 is 26.1. The average molecular weight is 368 g/mol. The Labute approximate surface area is 148 Å². The Bertz CT molecular complexity index is 705. The number of amides is 1. The molecule has 1 aromatic rings. The molecule has 1 N–H and O–H groups in total. The van der Waals surface area contributed by atoms with Crippen molar-refractivity contribution in [1.82, 2.24) is 9.21 Å². The van der Waals surface area contributed by atoms with Gasteiger partial charge in [-0.1, -0.05) is 18.2 Å². The van der Waals surface area contributed by atoms with Crippen molar-refractivity contribution in [3.63, 3.8) is 0 Å². The molecule has 0 spiro atoms. The first-order chi connectivity index (χ1) is 11.8. The molecule has 0 saturated carbocycles. The monoisotopic (exact) mass is 368 g/mol. The van der Waals surface area contributed by atoms with E-state index < -0.39 is 16.0 Å². The number of benzene rings is 1. The highest BCUT2D eigenvalue weighted by molar-refractivity contribution is 7.89. The zero-order chi connectivity index (χ0) is 18.4. The lowest BCUT2D eigenvalue weighted by Gasteiger charge is -2.36. The molecule has 0 aromatic heterocycles. The van der Waals surface area contributed by atoms with Crippen LogP contribution in [0.5, 0.6) is 0 Å². The van der Waals surface area contributed by atoms with E-state index in [0.29, 0.717) is 13.0 Å². The quantitative estimate of drug-likeness (QED) is 0.788. The molecule has 25 heavy (non-hydrogen) atoms. The Morgan fingerprint density at radius 2 is 1.92 bits per heavy atom. The van der Waals surface area contributed by atoms with Gasteiger partial charge in [0.15, 0.2) is 0 Å². The number of aliphatic carboxylic acids is 1. The Kier molecular flexibility index (Phi) is 6.55. The van der Waals surface area contributed by atoms with Gasteiger partial charge in [-0.15, -0.1) is 0 Å². The highest BCUT2D eigenvalue weighted by Crippen LogP contribution is 2.22. The van der Waals surface area contributed by atoms with Gasteiger partial charge in [0.25, 0.3) is 0 Å². The molecule has 1 saturated heterocycles. The Morgan fingerprint density at radius 1 is 1.24 bits per heavy atom. The van der Waals surface area contributed by atoms with Crippen molar-refractivity contribution in [2.45, 2.75) is 43.0 Å². The largest absolute Gasteiger partial charge is 0.481 e. The molecule has 0 radical (unpaired) electrons. The summed E-state index contributed by atoms with van der Waals surface area (Å²) in [6.07, 6.45) is 2.97. The number of hydrogen-bond donors (Lipinski definition) is 1. The molecule has 1 heterocycles. The fraction of sp³-hybridized carbons (Fsp3) is 0.529. The first kappa shape index (κ1) is 19.4. The first-order valence-electron chi connectivity index (χ1n) is 8.35. The molecule has 138 valence electrons. The molecule has 1 atom stereocenters. The number of rotatable bonds is 7. The second kappa shape index (κ2) is 8.44. The minimum Gasteiger partial charge on any atom is -0.481 e. The van der Waals surface area contributed by atoms with Crippen molar-refractivity contribution in [2.24, 2.45) is 0 Å². The van der Waals surface area contributed by atoms with Crippen molar-refractivity contribution in [1.29, 1.82) is 0 Å². The van der Waals surface area contributed by atoms with Gasteiger partial charge >= 0.3 is 5.97 Å². The maximum absolute atomic E-state index is 12.6. The number of carbonyl (C=O) groups is 2. The molecule has 0 aliphatic carbocycles. The highest BCUT2D eigenvalue weighted by Gasteiger charge is 2.30. The van der Waals surface area contributed by atoms with Crippen molar-refractivity contribution < 1.29 is 23.1 Å². The highest BCUT2D eigenvalue weighted by atomic mass is 32.2. The van der Waals surface area contributed by atoms with Crippen LogP contribution in [0.2, 0.25) is 0 Å². The van der Waals surface area contributed by atoms with Gasteiger partial charge in [-0.25, -0.2) is 8.42 Å². The zero-order valence-corrected chi connectivity index (χ0v) is 15.1. The molecule has 7 nitrogen and oxygen atoms in total. The molecular formula is C17H24N2O5S. The van der Waals surface area contributed by atoms with Crippen LogP contribution in [0, 0.1) is 0 Å². The van der Waals surface area contributed by atoms with E-state index in [1.54, 1.807) is 23.1 Å². The lowest BCUT2D eigenvalue weighted by atomic mass is 9.98. The van der Waals surface area contributed by atoms with Crippen LogP contribution in [0.15, 0.2) is 35.2 Å². The van der Waals surface area contributed by atoms with Gasteiger partial charge in [0.05, 0.1) is 11.4 Å². The molecule has 8 heteroatoms.